The molecule has 0 radical (unpaired) electrons. The van der Waals surface area contributed by atoms with E-state index in [-0.39, 0.29) is 0 Å². The summed E-state index contributed by atoms with van der Waals surface area (Å²) < 4.78 is 1.44. The molecule has 0 fully saturated rings. The van der Waals surface area contributed by atoms with E-state index in [0.29, 0.717) is 19.6 Å². The number of aromatic nitrogens is 4. The Kier molecular flexibility index (Phi) is 2.06. The average molecular weight is 228 g/mol. The van der Waals surface area contributed by atoms with Crippen LogP contribution in [0, 0.1) is 14.1 Å². The van der Waals surface area contributed by atoms with Crippen molar-refractivity contribution in [3.63, 3.8) is 0 Å². The molecular weight excluding hydrogens is 224 g/mol. The summed E-state index contributed by atoms with van der Waals surface area (Å²) in [4.78, 5) is 12.5. The molecule has 0 saturated carbocycles. The molecule has 0 spiro atoms. The molecule has 2 rings (SSSR count). The van der Waals surface area contributed by atoms with Crippen LogP contribution in [0.1, 0.15) is 0 Å². The van der Waals surface area contributed by atoms with Gasteiger partial charge in [0.05, 0.1) is 6.33 Å². The summed E-state index contributed by atoms with van der Waals surface area (Å²) in [6.07, 6.45) is 1.51. The van der Waals surface area contributed by atoms with Crippen molar-refractivity contribution in [2.75, 3.05) is 0 Å². The number of fused-ring (bicyclic) bond motifs is 1. The number of hydrogen-bond acceptors (Lipinski definition) is 4. The second-order valence-electron chi connectivity index (χ2n) is 2.37. The van der Waals surface area contributed by atoms with Gasteiger partial charge in [-0.15, -0.1) is 0 Å². The predicted octanol–water partition coefficient (Wildman–Crippen LogP) is 2.41. The summed E-state index contributed by atoms with van der Waals surface area (Å²) in [6, 6.07) is 0. The molecule has 0 aliphatic carbocycles. The minimum absolute atomic E-state index is 0.449. The second kappa shape index (κ2) is 3.09. The SMILES string of the molecule is S=c1[nH]c(=S)c2[nH]cnc(=S)c2[nH]1. The molecule has 0 aromatic carbocycles. The van der Waals surface area contributed by atoms with Crippen molar-refractivity contribution in [3.8, 4) is 0 Å². The van der Waals surface area contributed by atoms with Gasteiger partial charge in [-0.3, -0.25) is 0 Å². The normalized spacial score (nSPS) is 10.5. The van der Waals surface area contributed by atoms with Gasteiger partial charge in [0.25, 0.3) is 0 Å². The standard InChI is InChI=1S/C6H4N4S3/c11-4-3-2(7-1-8-4)5(12)10-6(13)9-3/h1H,(H,7,8,11)(H2,9,10,12,13). The van der Waals surface area contributed by atoms with E-state index in [1.807, 2.05) is 0 Å². The van der Waals surface area contributed by atoms with Crippen molar-refractivity contribution in [1.82, 2.24) is 19.9 Å². The highest BCUT2D eigenvalue weighted by molar-refractivity contribution is 7.72. The van der Waals surface area contributed by atoms with Crippen molar-refractivity contribution in [2.24, 2.45) is 0 Å². The smallest absolute Gasteiger partial charge is 0.176 e. The zero-order valence-corrected chi connectivity index (χ0v) is 8.70. The van der Waals surface area contributed by atoms with Crippen LogP contribution in [0.15, 0.2) is 6.33 Å². The molecule has 0 saturated heterocycles. The van der Waals surface area contributed by atoms with Crippen molar-refractivity contribution in [1.29, 1.82) is 0 Å². The van der Waals surface area contributed by atoms with Gasteiger partial charge in [-0.1, -0.05) is 24.4 Å². The third-order valence-electron chi connectivity index (χ3n) is 1.55. The van der Waals surface area contributed by atoms with Gasteiger partial charge < -0.3 is 15.0 Å². The van der Waals surface area contributed by atoms with E-state index in [4.69, 9.17) is 36.7 Å². The second-order valence-corrected chi connectivity index (χ2v) is 3.57. The van der Waals surface area contributed by atoms with Crippen LogP contribution in [0.3, 0.4) is 0 Å². The Morgan fingerprint density at radius 1 is 1.08 bits per heavy atom. The van der Waals surface area contributed by atoms with Crippen LogP contribution in [0.2, 0.25) is 0 Å². The molecule has 2 heterocycles. The van der Waals surface area contributed by atoms with Crippen molar-refractivity contribution in [2.45, 2.75) is 0 Å². The van der Waals surface area contributed by atoms with E-state index in [9.17, 15) is 0 Å². The van der Waals surface area contributed by atoms with E-state index in [1.165, 1.54) is 6.33 Å². The minimum Gasteiger partial charge on any atom is -0.342 e. The molecule has 0 aliphatic rings. The number of nitrogens with one attached hydrogen (secondary N) is 3. The Balaban J connectivity index is 3.22. The summed E-state index contributed by atoms with van der Waals surface area (Å²) in [7, 11) is 0. The van der Waals surface area contributed by atoms with E-state index >= 15 is 0 Å². The molecule has 7 heteroatoms. The topological polar surface area (TPSA) is 60.3 Å². The van der Waals surface area contributed by atoms with Crippen LogP contribution in [0.5, 0.6) is 0 Å². The van der Waals surface area contributed by atoms with Crippen LogP contribution in [0.25, 0.3) is 11.0 Å². The van der Waals surface area contributed by atoms with Crippen LogP contribution in [0.4, 0.5) is 0 Å². The molecule has 0 atom stereocenters. The number of nitrogens with zero attached hydrogens (tertiary/aromatic N) is 1. The molecule has 4 nitrogen and oxygen atoms in total. The third kappa shape index (κ3) is 1.45. The van der Waals surface area contributed by atoms with Gasteiger partial charge in [-0.05, 0) is 12.2 Å². The first-order chi connectivity index (χ1) is 6.18. The fourth-order valence-corrected chi connectivity index (χ4v) is 1.74. The Morgan fingerprint density at radius 2 is 1.85 bits per heavy atom. The molecule has 0 unspecified atom stereocenters. The van der Waals surface area contributed by atoms with E-state index in [0.717, 1.165) is 5.52 Å². The lowest BCUT2D eigenvalue weighted by Gasteiger charge is -1.96. The molecule has 3 N–H and O–H groups in total. The fourth-order valence-electron chi connectivity index (χ4n) is 1.00. The maximum atomic E-state index is 5.05. The highest BCUT2D eigenvalue weighted by atomic mass is 32.1. The Hall–Kier alpha value is -0.920. The number of H-pyrrole nitrogens is 3. The molecule has 2 aromatic heterocycles. The highest BCUT2D eigenvalue weighted by Gasteiger charge is 1.97. The molecule has 66 valence electrons. The maximum Gasteiger partial charge on any atom is 0.176 e. The average Bonchev–Trinajstić information content (AvgIpc) is 2.07. The maximum absolute atomic E-state index is 5.05. The first kappa shape index (κ1) is 8.67. The molecule has 0 amide bonds. The van der Waals surface area contributed by atoms with Gasteiger partial charge in [0.2, 0.25) is 0 Å². The van der Waals surface area contributed by atoms with Crippen LogP contribution in [-0.4, -0.2) is 19.9 Å². The Bertz CT molecular complexity index is 620. The number of rotatable bonds is 0. The van der Waals surface area contributed by atoms with Gasteiger partial charge in [-0.2, -0.15) is 0 Å². The lowest BCUT2D eigenvalue weighted by molar-refractivity contribution is 1.11. The fraction of sp³-hybridized carbons (Fsp3) is 0. The molecule has 0 bridgehead atoms. The first-order valence-electron chi connectivity index (χ1n) is 3.38. The lowest BCUT2D eigenvalue weighted by atomic mass is 10.4. The quantitative estimate of drug-likeness (QED) is 0.606. The van der Waals surface area contributed by atoms with Gasteiger partial charge in [-0.25, -0.2) is 4.98 Å². The van der Waals surface area contributed by atoms with E-state index in [2.05, 4.69) is 19.9 Å². The van der Waals surface area contributed by atoms with Gasteiger partial charge >= 0.3 is 0 Å². The Morgan fingerprint density at radius 3 is 2.62 bits per heavy atom. The summed E-state index contributed by atoms with van der Waals surface area (Å²) in [5.74, 6) is 0. The van der Waals surface area contributed by atoms with Gasteiger partial charge in [0.1, 0.15) is 15.7 Å². The Labute approximate surface area is 88.1 Å². The number of hydrogen-bond donors (Lipinski definition) is 3. The largest absolute Gasteiger partial charge is 0.342 e. The third-order valence-corrected chi connectivity index (χ3v) is 2.37. The van der Waals surface area contributed by atoms with E-state index < -0.39 is 0 Å². The zero-order chi connectivity index (χ0) is 9.42. The monoisotopic (exact) mass is 228 g/mol. The van der Waals surface area contributed by atoms with Crippen LogP contribution < -0.4 is 0 Å². The number of aromatic amines is 3. The van der Waals surface area contributed by atoms with Crippen molar-refractivity contribution in [3.05, 3.63) is 20.4 Å². The van der Waals surface area contributed by atoms with Gasteiger partial charge in [0.15, 0.2) is 9.41 Å². The molecule has 13 heavy (non-hydrogen) atoms. The van der Waals surface area contributed by atoms with E-state index in [1.54, 1.807) is 0 Å². The highest BCUT2D eigenvalue weighted by Crippen LogP contribution is 2.07. The van der Waals surface area contributed by atoms with Gasteiger partial charge in [0, 0.05) is 0 Å². The first-order valence-corrected chi connectivity index (χ1v) is 4.61. The molecule has 0 aliphatic heterocycles. The predicted molar refractivity (Wildman–Crippen MR) is 57.3 cm³/mol. The zero-order valence-electron chi connectivity index (χ0n) is 6.25. The van der Waals surface area contributed by atoms with Crippen molar-refractivity contribution >= 4 is 47.7 Å². The summed E-state index contributed by atoms with van der Waals surface area (Å²) >= 11 is 15.0. The summed E-state index contributed by atoms with van der Waals surface area (Å²) in [5.41, 5.74) is 1.40. The van der Waals surface area contributed by atoms with Crippen LogP contribution >= 0.6 is 36.7 Å². The molecule has 2 aromatic rings. The minimum atomic E-state index is 0.449. The summed E-state index contributed by atoms with van der Waals surface area (Å²) in [5, 5.41) is 0. The van der Waals surface area contributed by atoms with Crippen LogP contribution in [-0.2, 0) is 0 Å². The molecular formula is C6H4N4S3. The van der Waals surface area contributed by atoms with Crippen molar-refractivity contribution < 1.29 is 0 Å². The lowest BCUT2D eigenvalue weighted by Crippen LogP contribution is -1.91. The summed E-state index contributed by atoms with van der Waals surface area (Å²) in [6.45, 7) is 0.